The van der Waals surface area contributed by atoms with Crippen molar-refractivity contribution in [3.63, 3.8) is 0 Å². The molecule has 1 saturated heterocycles. The van der Waals surface area contributed by atoms with Crippen LogP contribution in [0, 0.1) is 0 Å². The van der Waals surface area contributed by atoms with Gasteiger partial charge in [-0.05, 0) is 79.2 Å². The molecule has 40 heavy (non-hydrogen) atoms. The summed E-state index contributed by atoms with van der Waals surface area (Å²) in [5, 5.41) is 7.11. The van der Waals surface area contributed by atoms with Crippen LogP contribution in [0.5, 0.6) is 5.75 Å². The molecular formula is C31H31N5O4. The van der Waals surface area contributed by atoms with Crippen LogP contribution in [0.2, 0.25) is 0 Å². The van der Waals surface area contributed by atoms with Gasteiger partial charge < -0.3 is 25.3 Å². The first-order chi connectivity index (χ1) is 19.5. The first-order valence-corrected chi connectivity index (χ1v) is 13.6. The number of carbonyl (C=O) groups is 3. The molecule has 204 valence electrons. The third kappa shape index (κ3) is 4.98. The summed E-state index contributed by atoms with van der Waals surface area (Å²) < 4.78 is 6.24. The van der Waals surface area contributed by atoms with E-state index >= 15 is 0 Å². The van der Waals surface area contributed by atoms with Crippen LogP contribution in [0.1, 0.15) is 30.1 Å². The van der Waals surface area contributed by atoms with Gasteiger partial charge in [0.15, 0.2) is 0 Å². The van der Waals surface area contributed by atoms with Gasteiger partial charge in [-0.3, -0.25) is 14.5 Å². The number of anilines is 2. The topological polar surface area (TPSA) is 107 Å². The molecule has 0 saturated carbocycles. The summed E-state index contributed by atoms with van der Waals surface area (Å²) >= 11 is 0. The number of amides is 4. The highest BCUT2D eigenvalue weighted by Crippen LogP contribution is 2.35. The minimum atomic E-state index is -0.375. The molecule has 4 aromatic rings. The second-order valence-corrected chi connectivity index (χ2v) is 10.2. The maximum Gasteiger partial charge on any atom is 0.324 e. The number of nitrogens with one attached hydrogen (secondary N) is 3. The van der Waals surface area contributed by atoms with Gasteiger partial charge in [-0.15, -0.1) is 0 Å². The molecule has 0 spiro atoms. The van der Waals surface area contributed by atoms with Crippen LogP contribution in [0.3, 0.4) is 0 Å². The number of aromatic amines is 1. The van der Waals surface area contributed by atoms with E-state index in [0.29, 0.717) is 24.3 Å². The largest absolute Gasteiger partial charge is 0.493 e. The second-order valence-electron chi connectivity index (χ2n) is 10.2. The summed E-state index contributed by atoms with van der Waals surface area (Å²) in [4.78, 5) is 43.9. The monoisotopic (exact) mass is 537 g/mol. The minimum Gasteiger partial charge on any atom is -0.493 e. The van der Waals surface area contributed by atoms with Gasteiger partial charge >= 0.3 is 6.03 Å². The molecule has 0 bridgehead atoms. The molecule has 1 atom stereocenters. The first-order valence-electron chi connectivity index (χ1n) is 13.6. The summed E-state index contributed by atoms with van der Waals surface area (Å²) in [7, 11) is 0. The van der Waals surface area contributed by atoms with Crippen LogP contribution in [0.15, 0.2) is 72.9 Å². The lowest BCUT2D eigenvalue weighted by molar-refractivity contribution is -0.125. The predicted molar refractivity (Wildman–Crippen MR) is 155 cm³/mol. The van der Waals surface area contributed by atoms with Gasteiger partial charge in [0.25, 0.3) is 5.91 Å². The lowest BCUT2D eigenvalue weighted by atomic mass is 10.0. The second kappa shape index (κ2) is 10.8. The van der Waals surface area contributed by atoms with Crippen molar-refractivity contribution in [2.24, 2.45) is 0 Å². The summed E-state index contributed by atoms with van der Waals surface area (Å²) in [6, 6.07) is 21.5. The third-order valence-corrected chi connectivity index (χ3v) is 7.44. The molecule has 4 amide bonds. The summed E-state index contributed by atoms with van der Waals surface area (Å²) in [5.41, 5.74) is 5.19. The number of benzene rings is 3. The van der Waals surface area contributed by atoms with Crippen molar-refractivity contribution < 1.29 is 19.1 Å². The highest BCUT2D eigenvalue weighted by Gasteiger charge is 2.28. The number of carbonyl (C=O) groups excluding carboxylic acids is 3. The SMILES string of the molecule is C[C@H]1CCN(C(=O)c2ccc(-c3ccc4[nH]ccc4c3)c(OCCCN3C(=O)CNC3=O)c2)c2ccccc2N1. The van der Waals surface area contributed by atoms with Gasteiger partial charge in [0.05, 0.1) is 24.5 Å². The first kappa shape index (κ1) is 25.5. The van der Waals surface area contributed by atoms with Gasteiger partial charge in [-0.1, -0.05) is 18.2 Å². The molecule has 3 heterocycles. The lowest BCUT2D eigenvalue weighted by Crippen LogP contribution is -2.32. The van der Waals surface area contributed by atoms with E-state index in [4.69, 9.17) is 4.74 Å². The van der Waals surface area contributed by atoms with Gasteiger partial charge in [-0.2, -0.15) is 0 Å². The fourth-order valence-corrected chi connectivity index (χ4v) is 5.30. The van der Waals surface area contributed by atoms with Gasteiger partial charge in [-0.25, -0.2) is 4.79 Å². The Balaban J connectivity index is 1.29. The van der Waals surface area contributed by atoms with E-state index in [1.165, 1.54) is 4.90 Å². The summed E-state index contributed by atoms with van der Waals surface area (Å²) in [6.45, 7) is 3.29. The number of rotatable bonds is 7. The molecule has 9 nitrogen and oxygen atoms in total. The Morgan fingerprint density at radius 1 is 1.05 bits per heavy atom. The molecule has 3 N–H and O–H groups in total. The van der Waals surface area contributed by atoms with Crippen LogP contribution in [-0.4, -0.2) is 60.0 Å². The number of hydrogen-bond donors (Lipinski definition) is 3. The smallest absolute Gasteiger partial charge is 0.324 e. The average Bonchev–Trinajstić information content (AvgIpc) is 3.52. The molecule has 0 unspecified atom stereocenters. The maximum absolute atomic E-state index is 13.9. The fourth-order valence-electron chi connectivity index (χ4n) is 5.30. The summed E-state index contributed by atoms with van der Waals surface area (Å²) in [6.07, 6.45) is 3.19. The molecule has 2 aliphatic heterocycles. The quantitative estimate of drug-likeness (QED) is 0.227. The Morgan fingerprint density at radius 3 is 2.77 bits per heavy atom. The number of aromatic nitrogens is 1. The molecule has 0 aliphatic carbocycles. The normalized spacial score (nSPS) is 16.9. The minimum absolute atomic E-state index is 0.0313. The number of nitrogens with zero attached hydrogens (tertiary/aromatic N) is 2. The molecule has 2 aliphatic rings. The molecule has 1 fully saturated rings. The van der Waals surface area contributed by atoms with Crippen LogP contribution in [-0.2, 0) is 4.79 Å². The Hall–Kier alpha value is -4.79. The van der Waals surface area contributed by atoms with Crippen LogP contribution >= 0.6 is 0 Å². The van der Waals surface area contributed by atoms with Gasteiger partial charge in [0, 0.05) is 42.0 Å². The number of hydrogen-bond acceptors (Lipinski definition) is 5. The predicted octanol–water partition coefficient (Wildman–Crippen LogP) is 5.01. The van der Waals surface area contributed by atoms with E-state index in [2.05, 4.69) is 28.6 Å². The van der Waals surface area contributed by atoms with Crippen LogP contribution < -0.4 is 20.3 Å². The van der Waals surface area contributed by atoms with Crippen molar-refractivity contribution in [2.75, 3.05) is 36.5 Å². The molecule has 6 rings (SSSR count). The van der Waals surface area contributed by atoms with Crippen molar-refractivity contribution in [1.82, 2.24) is 15.2 Å². The van der Waals surface area contributed by atoms with E-state index in [9.17, 15) is 14.4 Å². The molecule has 9 heteroatoms. The van der Waals surface area contributed by atoms with Crippen LogP contribution in [0.4, 0.5) is 16.2 Å². The number of urea groups is 1. The molecule has 1 aromatic heterocycles. The van der Waals surface area contributed by atoms with Crippen molar-refractivity contribution >= 4 is 40.1 Å². The highest BCUT2D eigenvalue weighted by molar-refractivity contribution is 6.08. The van der Waals surface area contributed by atoms with Crippen molar-refractivity contribution in [3.05, 3.63) is 78.5 Å². The van der Waals surface area contributed by atoms with Crippen molar-refractivity contribution in [1.29, 1.82) is 0 Å². The Kier molecular flexibility index (Phi) is 6.86. The number of para-hydroxylation sites is 2. The number of fused-ring (bicyclic) bond motifs is 2. The molecule has 0 radical (unpaired) electrons. The maximum atomic E-state index is 13.9. The van der Waals surface area contributed by atoms with Crippen LogP contribution in [0.25, 0.3) is 22.0 Å². The third-order valence-electron chi connectivity index (χ3n) is 7.44. The highest BCUT2D eigenvalue weighted by atomic mass is 16.5. The van der Waals surface area contributed by atoms with Crippen molar-refractivity contribution in [3.8, 4) is 16.9 Å². The summed E-state index contributed by atoms with van der Waals surface area (Å²) in [5.74, 6) is 0.243. The standard InChI is InChI=1S/C31H31N5O4/c1-20-12-15-35(27-6-3-2-5-26(27)34-20)30(38)23-7-9-24(21-8-10-25-22(17-21)11-13-32-25)28(18-23)40-16-4-14-36-29(37)19-33-31(36)39/h2-3,5-11,13,17-18,20,32,34H,4,12,14-16,19H2,1H3,(H,33,39)/t20-/m0/s1. The van der Waals surface area contributed by atoms with Gasteiger partial charge in [0.2, 0.25) is 5.91 Å². The van der Waals surface area contributed by atoms with E-state index < -0.39 is 0 Å². The van der Waals surface area contributed by atoms with E-state index in [-0.39, 0.29) is 43.6 Å². The zero-order chi connectivity index (χ0) is 27.6. The van der Waals surface area contributed by atoms with Crippen molar-refractivity contribution in [2.45, 2.75) is 25.8 Å². The number of imide groups is 1. The van der Waals surface area contributed by atoms with E-state index in [1.54, 1.807) is 6.07 Å². The Bertz CT molecular complexity index is 1580. The van der Waals surface area contributed by atoms with E-state index in [1.807, 2.05) is 65.7 Å². The number of ether oxygens (including phenoxy) is 1. The lowest BCUT2D eigenvalue weighted by Gasteiger charge is -2.23. The Labute approximate surface area is 232 Å². The molecule has 3 aromatic carbocycles. The van der Waals surface area contributed by atoms with Gasteiger partial charge in [0.1, 0.15) is 5.75 Å². The fraction of sp³-hybridized carbons (Fsp3) is 0.258. The number of H-pyrrole nitrogens is 1. The zero-order valence-electron chi connectivity index (χ0n) is 22.3. The zero-order valence-corrected chi connectivity index (χ0v) is 22.3. The Morgan fingerprint density at radius 2 is 1.93 bits per heavy atom. The average molecular weight is 538 g/mol. The molecular weight excluding hydrogens is 506 g/mol. The van der Waals surface area contributed by atoms with E-state index in [0.717, 1.165) is 39.8 Å².